The number of hydrogen-bond donors (Lipinski definition) is 0. The van der Waals surface area contributed by atoms with Gasteiger partial charge >= 0.3 is 6.80 Å². The first-order valence-electron chi connectivity index (χ1n) is 6.55. The molecule has 0 aliphatic carbocycles. The molecule has 2 aromatic rings. The van der Waals surface area contributed by atoms with E-state index in [0.717, 1.165) is 11.4 Å². The van der Waals surface area contributed by atoms with E-state index in [4.69, 9.17) is 32.2 Å². The Morgan fingerprint density at radius 2 is 1.23 bits per heavy atom. The molecule has 0 N–H and O–H groups in total. The van der Waals surface area contributed by atoms with Gasteiger partial charge in [0.05, 0.1) is 0 Å². The molecule has 0 bridgehead atoms. The lowest BCUT2D eigenvalue weighted by atomic mass is 10.3. The van der Waals surface area contributed by atoms with E-state index >= 15 is 0 Å². The molecule has 0 unspecified atom stereocenters. The van der Waals surface area contributed by atoms with Crippen molar-refractivity contribution in [2.75, 3.05) is 0 Å². The molecule has 0 amide bonds. The largest absolute Gasteiger partial charge is 0.493 e. The van der Waals surface area contributed by atoms with Gasteiger partial charge in [0.25, 0.3) is 0 Å². The quantitative estimate of drug-likeness (QED) is 0.525. The van der Waals surface area contributed by atoms with Gasteiger partial charge in [-0.2, -0.15) is 0 Å². The summed E-state index contributed by atoms with van der Waals surface area (Å²) in [5.74, 6) is 0.879. The number of hydrogen-bond acceptors (Lipinski definition) is 4. The Hall–Kier alpha value is -0.800. The molecule has 22 heavy (non-hydrogen) atoms. The van der Waals surface area contributed by atoms with E-state index in [1.807, 2.05) is 13.8 Å². The first-order valence-corrected chi connectivity index (χ1v) is 10.3. The topological polar surface area (TPSA) is 35.5 Å². The van der Waals surface area contributed by atoms with Crippen molar-refractivity contribution in [3.63, 3.8) is 0 Å². The summed E-state index contributed by atoms with van der Waals surface area (Å²) in [4.78, 5) is 0. The Bertz CT molecular complexity index is 608. The van der Waals surface area contributed by atoms with Gasteiger partial charge < -0.3 is 9.05 Å². The van der Waals surface area contributed by atoms with Crippen LogP contribution in [0.2, 0.25) is 10.0 Å². The first kappa shape index (κ1) is 17.6. The second-order valence-electron chi connectivity index (χ2n) is 4.69. The lowest BCUT2D eigenvalue weighted by molar-refractivity contribution is 0.408. The van der Waals surface area contributed by atoms with Crippen LogP contribution >= 0.6 is 41.4 Å². The van der Waals surface area contributed by atoms with Crippen molar-refractivity contribution in [3.8, 4) is 11.5 Å². The maximum Gasteiger partial charge on any atom is 0.493 e. The molecule has 0 aromatic heterocycles. The fraction of sp³-hybridized carbons (Fsp3) is 0.200. The molecule has 0 atom stereocenters. The zero-order valence-corrected chi connectivity index (χ0v) is 15.3. The highest BCUT2D eigenvalue weighted by Crippen LogP contribution is 2.61. The van der Waals surface area contributed by atoms with Crippen LogP contribution in [0.25, 0.3) is 0 Å². The molecule has 0 aliphatic heterocycles. The molecule has 7 heteroatoms. The minimum Gasteiger partial charge on any atom is -0.408 e. The molecule has 0 aliphatic rings. The lowest BCUT2D eigenvalue weighted by Gasteiger charge is -2.20. The predicted molar refractivity (Wildman–Crippen MR) is 94.5 cm³/mol. The normalized spacial score (nSPS) is 11.5. The van der Waals surface area contributed by atoms with Crippen LogP contribution in [0.15, 0.2) is 48.5 Å². The van der Waals surface area contributed by atoms with Crippen molar-refractivity contribution < 1.29 is 13.6 Å². The molecule has 0 fully saturated rings. The summed E-state index contributed by atoms with van der Waals surface area (Å²) in [7, 11) is 0. The van der Waals surface area contributed by atoms with Crippen LogP contribution in [0.3, 0.4) is 0 Å². The highest BCUT2D eigenvalue weighted by molar-refractivity contribution is 8.55. The van der Waals surface area contributed by atoms with E-state index in [9.17, 15) is 4.57 Å². The molecule has 0 saturated heterocycles. The van der Waals surface area contributed by atoms with Gasteiger partial charge in [0.1, 0.15) is 11.5 Å². The lowest BCUT2D eigenvalue weighted by Crippen LogP contribution is -2.01. The van der Waals surface area contributed by atoms with Crippen LogP contribution in [-0.4, -0.2) is 5.25 Å². The third-order valence-electron chi connectivity index (χ3n) is 2.40. The molecular formula is C15H15Cl2O3PS. The molecule has 2 rings (SSSR count). The molecule has 0 radical (unpaired) electrons. The van der Waals surface area contributed by atoms with Crippen molar-refractivity contribution >= 4 is 41.4 Å². The summed E-state index contributed by atoms with van der Waals surface area (Å²) in [6.45, 7) is 0.430. The smallest absolute Gasteiger partial charge is 0.408 e. The van der Waals surface area contributed by atoms with Crippen molar-refractivity contribution in [2.45, 2.75) is 19.1 Å². The predicted octanol–water partition coefficient (Wildman–Crippen LogP) is 6.70. The van der Waals surface area contributed by atoms with Gasteiger partial charge in [-0.05, 0) is 59.9 Å². The first-order chi connectivity index (χ1) is 10.4. The summed E-state index contributed by atoms with van der Waals surface area (Å²) >= 11 is 12.8. The third kappa shape index (κ3) is 5.44. The molecular weight excluding hydrogens is 362 g/mol. The van der Waals surface area contributed by atoms with Crippen molar-refractivity contribution in [3.05, 3.63) is 58.6 Å². The summed E-state index contributed by atoms with van der Waals surface area (Å²) in [6, 6.07) is 13.3. The Kier molecular flexibility index (Phi) is 6.10. The fourth-order valence-electron chi connectivity index (χ4n) is 1.57. The summed E-state index contributed by atoms with van der Waals surface area (Å²) in [5.41, 5.74) is 0. The van der Waals surface area contributed by atoms with Gasteiger partial charge in [0.2, 0.25) is 0 Å². The van der Waals surface area contributed by atoms with E-state index in [1.54, 1.807) is 48.5 Å². The zero-order valence-electron chi connectivity index (χ0n) is 12.0. The highest BCUT2D eigenvalue weighted by atomic mass is 35.5. The molecule has 118 valence electrons. The van der Waals surface area contributed by atoms with Crippen LogP contribution in [0.4, 0.5) is 0 Å². The summed E-state index contributed by atoms with van der Waals surface area (Å²) in [5, 5.41) is 1.24. The van der Waals surface area contributed by atoms with Crippen LogP contribution in [0.1, 0.15) is 13.8 Å². The Labute approximate surface area is 144 Å². The maximum absolute atomic E-state index is 13.0. The van der Waals surface area contributed by atoms with Crippen molar-refractivity contribution in [1.82, 2.24) is 0 Å². The van der Waals surface area contributed by atoms with Crippen LogP contribution in [-0.2, 0) is 4.57 Å². The number of halogens is 2. The van der Waals surface area contributed by atoms with E-state index in [1.165, 1.54) is 0 Å². The second kappa shape index (κ2) is 7.65. The minimum absolute atomic E-state index is 0.0745. The summed E-state index contributed by atoms with van der Waals surface area (Å²) < 4.78 is 24.2. The SMILES string of the molecule is CC(C)SP(=O)(Oc1ccc(Cl)cc1)Oc1ccc(Cl)cc1. The van der Waals surface area contributed by atoms with E-state index < -0.39 is 6.80 Å². The molecule has 2 aromatic carbocycles. The van der Waals surface area contributed by atoms with Gasteiger partial charge in [-0.25, -0.2) is 4.57 Å². The standard InChI is InChI=1S/C15H15Cl2O3PS/c1-11(2)22-21(18,19-14-7-3-12(16)4-8-14)20-15-9-5-13(17)6-10-15/h3-11H,1-2H3. The number of benzene rings is 2. The Balaban J connectivity index is 2.21. The maximum atomic E-state index is 13.0. The average Bonchev–Trinajstić information content (AvgIpc) is 2.43. The van der Waals surface area contributed by atoms with Gasteiger partial charge in [0, 0.05) is 15.3 Å². The van der Waals surface area contributed by atoms with Crippen LogP contribution in [0, 0.1) is 0 Å². The van der Waals surface area contributed by atoms with Gasteiger partial charge in [-0.3, -0.25) is 0 Å². The van der Waals surface area contributed by atoms with Crippen LogP contribution < -0.4 is 9.05 Å². The highest BCUT2D eigenvalue weighted by Gasteiger charge is 2.31. The summed E-state index contributed by atoms with van der Waals surface area (Å²) in [6.07, 6.45) is 0. The van der Waals surface area contributed by atoms with E-state index in [0.29, 0.717) is 21.5 Å². The molecule has 0 spiro atoms. The Morgan fingerprint density at radius 1 is 0.864 bits per heavy atom. The molecule has 3 nitrogen and oxygen atoms in total. The van der Waals surface area contributed by atoms with Gasteiger partial charge in [0.15, 0.2) is 0 Å². The molecule has 0 saturated carbocycles. The average molecular weight is 377 g/mol. The fourth-order valence-corrected chi connectivity index (χ4v) is 5.54. The van der Waals surface area contributed by atoms with E-state index in [-0.39, 0.29) is 5.25 Å². The minimum atomic E-state index is -3.42. The Morgan fingerprint density at radius 3 is 1.55 bits per heavy atom. The van der Waals surface area contributed by atoms with Crippen LogP contribution in [0.5, 0.6) is 11.5 Å². The van der Waals surface area contributed by atoms with E-state index in [2.05, 4.69) is 0 Å². The monoisotopic (exact) mass is 376 g/mol. The molecule has 0 heterocycles. The van der Waals surface area contributed by atoms with Gasteiger partial charge in [-0.1, -0.05) is 37.0 Å². The van der Waals surface area contributed by atoms with Crippen molar-refractivity contribution in [1.29, 1.82) is 0 Å². The van der Waals surface area contributed by atoms with Gasteiger partial charge in [-0.15, -0.1) is 0 Å². The zero-order chi connectivity index (χ0) is 16.2. The second-order valence-corrected chi connectivity index (χ2v) is 9.95. The van der Waals surface area contributed by atoms with Crippen molar-refractivity contribution in [2.24, 2.45) is 0 Å². The third-order valence-corrected chi connectivity index (χ3v) is 6.94. The number of rotatable bonds is 6.